The number of aromatic nitrogens is 2. The molecule has 2 rings (SSSR count). The van der Waals surface area contributed by atoms with Crippen LogP contribution in [0.2, 0.25) is 0 Å². The van der Waals surface area contributed by atoms with Gasteiger partial charge in [-0.15, -0.1) is 0 Å². The highest BCUT2D eigenvalue weighted by Gasteiger charge is 2.15. The van der Waals surface area contributed by atoms with Crippen molar-refractivity contribution in [1.29, 1.82) is 0 Å². The molecule has 0 radical (unpaired) electrons. The van der Waals surface area contributed by atoms with Crippen LogP contribution in [0.3, 0.4) is 0 Å². The number of carbonyl (C=O) groups is 1. The molecule has 2 aromatic rings. The molecule has 0 aliphatic rings. The number of imidazole rings is 1. The lowest BCUT2D eigenvalue weighted by molar-refractivity contribution is -0.136. The van der Waals surface area contributed by atoms with E-state index in [-0.39, 0.29) is 6.42 Å². The molecule has 1 aromatic carbocycles. The molecule has 1 aromatic heterocycles. The van der Waals surface area contributed by atoms with E-state index in [0.29, 0.717) is 16.1 Å². The van der Waals surface area contributed by atoms with Gasteiger partial charge in [-0.1, -0.05) is 17.7 Å². The van der Waals surface area contributed by atoms with Gasteiger partial charge in [0.05, 0.1) is 17.8 Å². The van der Waals surface area contributed by atoms with Gasteiger partial charge in [0.15, 0.2) is 4.73 Å². The molecule has 0 amide bonds. The number of hydrogen-bond donors (Lipinski definition) is 2. The Labute approximate surface area is 113 Å². The van der Waals surface area contributed by atoms with Crippen molar-refractivity contribution in [3.8, 4) is 11.3 Å². The molecule has 0 saturated heterocycles. The molecular formula is C13H13BrN2O2. The van der Waals surface area contributed by atoms with Crippen LogP contribution in [0, 0.1) is 13.8 Å². The van der Waals surface area contributed by atoms with Gasteiger partial charge in [-0.2, -0.15) is 0 Å². The van der Waals surface area contributed by atoms with Crippen molar-refractivity contribution in [2.24, 2.45) is 0 Å². The summed E-state index contributed by atoms with van der Waals surface area (Å²) in [5.74, 6) is -0.877. The molecule has 2 N–H and O–H groups in total. The molecule has 0 spiro atoms. The molecule has 0 atom stereocenters. The summed E-state index contributed by atoms with van der Waals surface area (Å²) in [6.07, 6.45) is -0.0681. The van der Waals surface area contributed by atoms with Crippen LogP contribution >= 0.6 is 15.9 Å². The molecule has 0 aliphatic carbocycles. The number of carboxylic acid groups (broad SMARTS) is 1. The number of aryl methyl sites for hydroxylation is 2. The first-order chi connectivity index (χ1) is 8.47. The Bertz CT molecular complexity index is 605. The fourth-order valence-electron chi connectivity index (χ4n) is 1.87. The molecule has 0 bridgehead atoms. The Morgan fingerprint density at radius 2 is 2.17 bits per heavy atom. The summed E-state index contributed by atoms with van der Waals surface area (Å²) in [5.41, 5.74) is 4.48. The number of aromatic amines is 1. The zero-order valence-electron chi connectivity index (χ0n) is 10.1. The van der Waals surface area contributed by atoms with Crippen LogP contribution in [0.25, 0.3) is 11.3 Å². The highest BCUT2D eigenvalue weighted by atomic mass is 79.9. The van der Waals surface area contributed by atoms with Crippen LogP contribution in [0.15, 0.2) is 22.9 Å². The first-order valence-corrected chi connectivity index (χ1v) is 6.30. The molecule has 1 heterocycles. The van der Waals surface area contributed by atoms with Crippen molar-refractivity contribution in [2.45, 2.75) is 20.3 Å². The van der Waals surface area contributed by atoms with Gasteiger partial charge in [-0.05, 0) is 41.4 Å². The predicted octanol–water partition coefficient (Wildman–Crippen LogP) is 3.08. The number of carboxylic acids is 1. The third-order valence-corrected chi connectivity index (χ3v) is 3.10. The predicted molar refractivity (Wildman–Crippen MR) is 72.5 cm³/mol. The number of rotatable bonds is 3. The minimum absolute atomic E-state index is 0.0681. The van der Waals surface area contributed by atoms with E-state index in [9.17, 15) is 4.79 Å². The topological polar surface area (TPSA) is 66.0 Å². The van der Waals surface area contributed by atoms with Gasteiger partial charge < -0.3 is 10.1 Å². The summed E-state index contributed by atoms with van der Waals surface area (Å²) in [6.45, 7) is 3.99. The first-order valence-electron chi connectivity index (χ1n) is 5.51. The Kier molecular flexibility index (Phi) is 3.52. The largest absolute Gasteiger partial charge is 0.481 e. The number of nitrogens with one attached hydrogen (secondary N) is 1. The molecular weight excluding hydrogens is 296 g/mol. The lowest BCUT2D eigenvalue weighted by Crippen LogP contribution is -2.02. The summed E-state index contributed by atoms with van der Waals surface area (Å²) in [5, 5.41) is 8.91. The maximum atomic E-state index is 10.9. The quantitative estimate of drug-likeness (QED) is 0.915. The second kappa shape index (κ2) is 4.94. The van der Waals surface area contributed by atoms with Crippen LogP contribution in [-0.2, 0) is 11.2 Å². The summed E-state index contributed by atoms with van der Waals surface area (Å²) in [6, 6.07) is 6.05. The molecule has 0 fully saturated rings. The zero-order valence-corrected chi connectivity index (χ0v) is 11.7. The fourth-order valence-corrected chi connectivity index (χ4v) is 2.29. The molecule has 0 unspecified atom stereocenters. The highest BCUT2D eigenvalue weighted by molar-refractivity contribution is 9.10. The second-order valence-electron chi connectivity index (χ2n) is 4.24. The van der Waals surface area contributed by atoms with Crippen LogP contribution in [0.4, 0.5) is 0 Å². The van der Waals surface area contributed by atoms with Crippen LogP contribution in [-0.4, -0.2) is 21.0 Å². The van der Waals surface area contributed by atoms with Crippen molar-refractivity contribution in [1.82, 2.24) is 9.97 Å². The summed E-state index contributed by atoms with van der Waals surface area (Å²) in [7, 11) is 0. The summed E-state index contributed by atoms with van der Waals surface area (Å²) >= 11 is 3.25. The number of halogens is 1. The van der Waals surface area contributed by atoms with Crippen LogP contribution < -0.4 is 0 Å². The number of hydrogen-bond acceptors (Lipinski definition) is 2. The third-order valence-electron chi connectivity index (χ3n) is 2.73. The van der Waals surface area contributed by atoms with E-state index < -0.39 is 5.97 Å². The summed E-state index contributed by atoms with van der Waals surface area (Å²) < 4.78 is 0.551. The molecule has 94 valence electrons. The lowest BCUT2D eigenvalue weighted by atomic mass is 10.0. The first kappa shape index (κ1) is 12.8. The van der Waals surface area contributed by atoms with E-state index in [1.54, 1.807) is 0 Å². The maximum absolute atomic E-state index is 10.9. The maximum Gasteiger partial charge on any atom is 0.309 e. The smallest absolute Gasteiger partial charge is 0.309 e. The monoisotopic (exact) mass is 308 g/mol. The van der Waals surface area contributed by atoms with Crippen LogP contribution in [0.5, 0.6) is 0 Å². The van der Waals surface area contributed by atoms with Gasteiger partial charge in [0.2, 0.25) is 0 Å². The van der Waals surface area contributed by atoms with Gasteiger partial charge in [0, 0.05) is 5.56 Å². The van der Waals surface area contributed by atoms with Gasteiger partial charge in [0.1, 0.15) is 0 Å². The molecule has 5 heteroatoms. The molecule has 18 heavy (non-hydrogen) atoms. The zero-order chi connectivity index (χ0) is 13.3. The Balaban J connectivity index is 2.55. The van der Waals surface area contributed by atoms with Crippen molar-refractivity contribution < 1.29 is 9.90 Å². The Morgan fingerprint density at radius 1 is 1.44 bits per heavy atom. The number of nitrogens with zero attached hydrogens (tertiary/aromatic N) is 1. The van der Waals surface area contributed by atoms with Gasteiger partial charge in [-0.3, -0.25) is 4.79 Å². The SMILES string of the molecule is Cc1ccc(C)c(-c2nc(Br)[nH]c2CC(=O)O)c1. The van der Waals surface area contributed by atoms with Gasteiger partial charge in [-0.25, -0.2) is 4.98 Å². The van der Waals surface area contributed by atoms with E-state index in [2.05, 4.69) is 25.9 Å². The number of aliphatic carboxylic acids is 1. The molecule has 0 saturated carbocycles. The Morgan fingerprint density at radius 3 is 2.83 bits per heavy atom. The van der Waals surface area contributed by atoms with Crippen molar-refractivity contribution in [2.75, 3.05) is 0 Å². The van der Waals surface area contributed by atoms with E-state index >= 15 is 0 Å². The molecule has 0 aliphatic heterocycles. The average molecular weight is 309 g/mol. The van der Waals surface area contributed by atoms with Gasteiger partial charge in [0.25, 0.3) is 0 Å². The highest BCUT2D eigenvalue weighted by Crippen LogP contribution is 2.27. The summed E-state index contributed by atoms with van der Waals surface area (Å²) in [4.78, 5) is 18.1. The van der Waals surface area contributed by atoms with E-state index in [4.69, 9.17) is 5.11 Å². The van der Waals surface area contributed by atoms with Crippen LogP contribution in [0.1, 0.15) is 16.8 Å². The number of H-pyrrole nitrogens is 1. The minimum Gasteiger partial charge on any atom is -0.481 e. The second-order valence-corrected chi connectivity index (χ2v) is 4.99. The van der Waals surface area contributed by atoms with Crippen molar-refractivity contribution >= 4 is 21.9 Å². The van der Waals surface area contributed by atoms with Crippen molar-refractivity contribution in [3.63, 3.8) is 0 Å². The lowest BCUT2D eigenvalue weighted by Gasteiger charge is -2.06. The third kappa shape index (κ3) is 2.61. The van der Waals surface area contributed by atoms with E-state index in [1.807, 2.05) is 32.0 Å². The standard InChI is InChI=1S/C13H13BrN2O2/c1-7-3-4-8(2)9(5-7)12-10(6-11(17)18)15-13(14)16-12/h3-5H,6H2,1-2H3,(H,15,16)(H,17,18). The molecule has 4 nitrogen and oxygen atoms in total. The van der Waals surface area contributed by atoms with E-state index in [1.165, 1.54) is 0 Å². The average Bonchev–Trinajstić information content (AvgIpc) is 2.62. The van der Waals surface area contributed by atoms with Gasteiger partial charge >= 0.3 is 5.97 Å². The minimum atomic E-state index is -0.877. The number of benzene rings is 1. The van der Waals surface area contributed by atoms with E-state index in [0.717, 1.165) is 16.7 Å². The normalized spacial score (nSPS) is 10.6. The fraction of sp³-hybridized carbons (Fsp3) is 0.231. The van der Waals surface area contributed by atoms with Crippen molar-refractivity contribution in [3.05, 3.63) is 39.8 Å². The Hall–Kier alpha value is -1.62.